The van der Waals surface area contributed by atoms with Gasteiger partial charge in [-0.15, -0.1) is 0 Å². The first-order chi connectivity index (χ1) is 17.3. The minimum atomic E-state index is 1.15. The number of fused-ring (bicyclic) bond motifs is 4. The fraction of sp³-hybridized carbons (Fsp3) is 0. The SMILES string of the molecule is c1ccc(N(c2ccccc2)c2cccc3cc4cc5cc6ccccc6cc5cc4cc23)cc1. The van der Waals surface area contributed by atoms with E-state index in [1.807, 2.05) is 0 Å². The molecule has 7 aromatic rings. The second kappa shape index (κ2) is 8.00. The van der Waals surface area contributed by atoms with E-state index in [0.717, 1.165) is 11.4 Å². The van der Waals surface area contributed by atoms with Crippen molar-refractivity contribution in [1.82, 2.24) is 0 Å². The second-order valence-electron chi connectivity index (χ2n) is 9.10. The molecule has 7 aromatic carbocycles. The van der Waals surface area contributed by atoms with E-state index in [-0.39, 0.29) is 0 Å². The lowest BCUT2D eigenvalue weighted by Crippen LogP contribution is -2.10. The highest BCUT2D eigenvalue weighted by atomic mass is 15.1. The Hall–Kier alpha value is -4.62. The summed E-state index contributed by atoms with van der Waals surface area (Å²) in [6.45, 7) is 0. The van der Waals surface area contributed by atoms with E-state index < -0.39 is 0 Å². The lowest BCUT2D eigenvalue weighted by molar-refractivity contribution is 1.30. The standard InChI is InChI=1S/C34H23N/c1-3-13-31(14-4-1)35(32-15-5-2-6-16-32)34-17-9-12-26-20-29-21-27-18-24-10-7-8-11-25(24)19-28(27)22-30(29)23-33(26)34/h1-23H. The number of hydrogen-bond donors (Lipinski definition) is 0. The van der Waals surface area contributed by atoms with E-state index in [0.29, 0.717) is 0 Å². The molecule has 0 spiro atoms. The Bertz CT molecular complexity index is 1800. The van der Waals surface area contributed by atoms with Crippen molar-refractivity contribution in [1.29, 1.82) is 0 Å². The van der Waals surface area contributed by atoms with Gasteiger partial charge in [0.1, 0.15) is 0 Å². The highest BCUT2D eigenvalue weighted by Gasteiger charge is 2.15. The van der Waals surface area contributed by atoms with Crippen LogP contribution in [0.2, 0.25) is 0 Å². The van der Waals surface area contributed by atoms with Gasteiger partial charge in [0.05, 0.1) is 5.69 Å². The van der Waals surface area contributed by atoms with Crippen LogP contribution >= 0.6 is 0 Å². The summed E-state index contributed by atoms with van der Waals surface area (Å²) in [6.07, 6.45) is 0. The summed E-state index contributed by atoms with van der Waals surface area (Å²) >= 11 is 0. The number of para-hydroxylation sites is 2. The molecule has 1 heteroatoms. The van der Waals surface area contributed by atoms with Crippen LogP contribution < -0.4 is 4.90 Å². The number of nitrogens with zero attached hydrogens (tertiary/aromatic N) is 1. The average Bonchev–Trinajstić information content (AvgIpc) is 2.91. The summed E-state index contributed by atoms with van der Waals surface area (Å²) in [5.74, 6) is 0. The molecule has 0 aliphatic heterocycles. The van der Waals surface area contributed by atoms with Gasteiger partial charge in [-0.3, -0.25) is 0 Å². The quantitative estimate of drug-likeness (QED) is 0.245. The molecule has 1 nitrogen and oxygen atoms in total. The number of anilines is 3. The van der Waals surface area contributed by atoms with Gasteiger partial charge in [0, 0.05) is 16.8 Å². The van der Waals surface area contributed by atoms with Crippen LogP contribution in [0.3, 0.4) is 0 Å². The predicted molar refractivity (Wildman–Crippen MR) is 151 cm³/mol. The predicted octanol–water partition coefficient (Wildman–Crippen LogP) is 9.77. The Labute approximate surface area is 204 Å². The Kier molecular flexibility index (Phi) is 4.53. The molecule has 164 valence electrons. The molecule has 0 atom stereocenters. The van der Waals surface area contributed by atoms with E-state index in [2.05, 4.69) is 144 Å². The Morgan fingerprint density at radius 1 is 0.314 bits per heavy atom. The molecule has 0 aromatic heterocycles. The smallest absolute Gasteiger partial charge is 0.0540 e. The molecule has 35 heavy (non-hydrogen) atoms. The first kappa shape index (κ1) is 19.8. The molecule has 0 radical (unpaired) electrons. The lowest BCUT2D eigenvalue weighted by Gasteiger charge is -2.27. The van der Waals surface area contributed by atoms with E-state index in [9.17, 15) is 0 Å². The summed E-state index contributed by atoms with van der Waals surface area (Å²) in [5, 5.41) is 10.1. The largest absolute Gasteiger partial charge is 0.310 e. The van der Waals surface area contributed by atoms with Gasteiger partial charge in [-0.2, -0.15) is 0 Å². The zero-order valence-electron chi connectivity index (χ0n) is 19.2. The zero-order chi connectivity index (χ0) is 23.2. The topological polar surface area (TPSA) is 3.24 Å². The number of benzene rings is 7. The van der Waals surface area contributed by atoms with Gasteiger partial charge in [-0.25, -0.2) is 0 Å². The van der Waals surface area contributed by atoms with E-state index in [1.54, 1.807) is 0 Å². The van der Waals surface area contributed by atoms with Crippen LogP contribution in [0.4, 0.5) is 17.1 Å². The highest BCUT2D eigenvalue weighted by molar-refractivity contribution is 6.11. The van der Waals surface area contributed by atoms with E-state index in [1.165, 1.54) is 48.8 Å². The van der Waals surface area contributed by atoms with Crippen LogP contribution in [-0.2, 0) is 0 Å². The zero-order valence-corrected chi connectivity index (χ0v) is 19.2. The maximum absolute atomic E-state index is 2.35. The molecule has 0 heterocycles. The third-order valence-corrected chi connectivity index (χ3v) is 6.90. The summed E-state index contributed by atoms with van der Waals surface area (Å²) in [6, 6.07) is 50.4. The minimum absolute atomic E-state index is 1.15. The Morgan fingerprint density at radius 3 is 1.31 bits per heavy atom. The lowest BCUT2D eigenvalue weighted by atomic mass is 9.96. The molecule has 7 rings (SSSR count). The van der Waals surface area contributed by atoms with Crippen molar-refractivity contribution in [3.63, 3.8) is 0 Å². The van der Waals surface area contributed by atoms with E-state index in [4.69, 9.17) is 0 Å². The van der Waals surface area contributed by atoms with Crippen molar-refractivity contribution < 1.29 is 0 Å². The van der Waals surface area contributed by atoms with Gasteiger partial charge >= 0.3 is 0 Å². The van der Waals surface area contributed by atoms with Crippen molar-refractivity contribution >= 4 is 60.2 Å². The van der Waals surface area contributed by atoms with Crippen molar-refractivity contribution in [2.75, 3.05) is 4.90 Å². The van der Waals surface area contributed by atoms with Crippen LogP contribution in [0.1, 0.15) is 0 Å². The summed E-state index contributed by atoms with van der Waals surface area (Å²) in [5.41, 5.74) is 3.48. The number of hydrogen-bond acceptors (Lipinski definition) is 1. The molecular formula is C34H23N. The van der Waals surface area contributed by atoms with Crippen molar-refractivity contribution in [3.05, 3.63) is 140 Å². The van der Waals surface area contributed by atoms with Gasteiger partial charge in [0.2, 0.25) is 0 Å². The number of rotatable bonds is 3. The molecular weight excluding hydrogens is 422 g/mol. The first-order valence-corrected chi connectivity index (χ1v) is 12.0. The van der Waals surface area contributed by atoms with Gasteiger partial charge in [0.15, 0.2) is 0 Å². The Morgan fingerprint density at radius 2 is 0.743 bits per heavy atom. The monoisotopic (exact) mass is 445 g/mol. The van der Waals surface area contributed by atoms with Crippen molar-refractivity contribution in [3.8, 4) is 0 Å². The van der Waals surface area contributed by atoms with Crippen molar-refractivity contribution in [2.45, 2.75) is 0 Å². The van der Waals surface area contributed by atoms with Crippen LogP contribution in [-0.4, -0.2) is 0 Å². The van der Waals surface area contributed by atoms with Gasteiger partial charge in [0.25, 0.3) is 0 Å². The average molecular weight is 446 g/mol. The van der Waals surface area contributed by atoms with Gasteiger partial charge < -0.3 is 4.90 Å². The van der Waals surface area contributed by atoms with Crippen LogP contribution in [0.15, 0.2) is 140 Å². The van der Waals surface area contributed by atoms with E-state index >= 15 is 0 Å². The fourth-order valence-electron chi connectivity index (χ4n) is 5.23. The molecule has 0 saturated heterocycles. The fourth-order valence-corrected chi connectivity index (χ4v) is 5.23. The third kappa shape index (κ3) is 3.41. The summed E-state index contributed by atoms with van der Waals surface area (Å²) < 4.78 is 0. The third-order valence-electron chi connectivity index (χ3n) is 6.90. The van der Waals surface area contributed by atoms with Gasteiger partial charge in [-0.1, -0.05) is 72.8 Å². The maximum Gasteiger partial charge on any atom is 0.0540 e. The Balaban J connectivity index is 1.50. The van der Waals surface area contributed by atoms with Crippen LogP contribution in [0.25, 0.3) is 43.1 Å². The highest BCUT2D eigenvalue weighted by Crippen LogP contribution is 2.40. The molecule has 0 fully saturated rings. The minimum Gasteiger partial charge on any atom is -0.310 e. The first-order valence-electron chi connectivity index (χ1n) is 12.0. The molecule has 0 unspecified atom stereocenters. The summed E-state index contributed by atoms with van der Waals surface area (Å²) in [7, 11) is 0. The normalized spacial score (nSPS) is 11.4. The maximum atomic E-state index is 2.35. The molecule has 0 aliphatic rings. The molecule has 0 bridgehead atoms. The van der Waals surface area contributed by atoms with Crippen LogP contribution in [0, 0.1) is 0 Å². The molecule has 0 N–H and O–H groups in total. The van der Waals surface area contributed by atoms with Crippen LogP contribution in [0.5, 0.6) is 0 Å². The van der Waals surface area contributed by atoms with Crippen molar-refractivity contribution in [2.24, 2.45) is 0 Å². The summed E-state index contributed by atoms with van der Waals surface area (Å²) in [4.78, 5) is 2.35. The van der Waals surface area contributed by atoms with Gasteiger partial charge in [-0.05, 0) is 104 Å². The molecule has 0 aliphatic carbocycles. The molecule has 0 amide bonds. The second-order valence-corrected chi connectivity index (χ2v) is 9.10. The molecule has 0 saturated carbocycles.